The molecule has 2 amide bonds. The van der Waals surface area contributed by atoms with Gasteiger partial charge in [-0.05, 0) is 71.1 Å². The molecule has 0 bridgehead atoms. The normalized spacial score (nSPS) is 40.9. The van der Waals surface area contributed by atoms with Gasteiger partial charge in [0.25, 0.3) is 0 Å². The fraction of sp³-hybridized carbons (Fsp3) is 0.913. The molecule has 6 unspecified atom stereocenters. The maximum absolute atomic E-state index is 13.4. The van der Waals surface area contributed by atoms with E-state index in [2.05, 4.69) is 24.5 Å². The number of carbonyl (C=O) groups excluding carboxylic acids is 2. The third-order valence-corrected chi connectivity index (χ3v) is 8.26. The minimum atomic E-state index is -0.332. The number of piperidine rings is 2. The number of quaternary nitrogens is 1. The maximum atomic E-state index is 13.4. The van der Waals surface area contributed by atoms with Crippen LogP contribution < -0.4 is 21.3 Å². The number of nitrogens with zero attached hydrogens (tertiary/aromatic N) is 1. The number of nitrogens with one attached hydrogen (secondary N) is 3. The molecule has 4 aliphatic rings. The van der Waals surface area contributed by atoms with E-state index >= 15 is 0 Å². The summed E-state index contributed by atoms with van der Waals surface area (Å²) in [6.07, 6.45) is 8.23. The number of hydrogen-bond donors (Lipinski definition) is 4. The molecule has 0 aromatic heterocycles. The van der Waals surface area contributed by atoms with E-state index in [9.17, 15) is 9.59 Å². The fourth-order valence-corrected chi connectivity index (χ4v) is 6.43. The largest absolute Gasteiger partial charge is 0.381 e. The van der Waals surface area contributed by atoms with Crippen molar-refractivity contribution in [1.29, 1.82) is 0 Å². The molecule has 5 N–H and O–H groups in total. The molecule has 3 heterocycles. The summed E-state index contributed by atoms with van der Waals surface area (Å²) in [7, 11) is 1.78. The third-order valence-electron chi connectivity index (χ3n) is 8.26. The van der Waals surface area contributed by atoms with E-state index < -0.39 is 0 Å². The lowest BCUT2D eigenvalue weighted by Crippen LogP contribution is -3.28. The number of carbonyl (C=O) groups is 2. The molecule has 3 aliphatic heterocycles. The Morgan fingerprint density at radius 3 is 2.68 bits per heavy atom. The van der Waals surface area contributed by atoms with Crippen LogP contribution in [0.1, 0.15) is 65.2 Å². The minimum Gasteiger partial charge on any atom is -0.381 e. The number of hydrogen-bond acceptors (Lipinski definition) is 5. The van der Waals surface area contributed by atoms with Gasteiger partial charge in [0, 0.05) is 20.2 Å². The van der Waals surface area contributed by atoms with Crippen LogP contribution in [0.4, 0.5) is 0 Å². The van der Waals surface area contributed by atoms with Gasteiger partial charge in [-0.3, -0.25) is 15.3 Å². The van der Waals surface area contributed by atoms with Crippen molar-refractivity contribution in [2.24, 2.45) is 23.5 Å². The van der Waals surface area contributed by atoms with Crippen molar-refractivity contribution in [2.75, 3.05) is 20.2 Å². The number of amides is 2. The third kappa shape index (κ3) is 4.63. The molecule has 3 saturated heterocycles. The molecule has 1 saturated carbocycles. The lowest BCUT2D eigenvalue weighted by atomic mass is 9.79. The minimum absolute atomic E-state index is 0.00442. The summed E-state index contributed by atoms with van der Waals surface area (Å²) in [5, 5.41) is 6.94. The van der Waals surface area contributed by atoms with Crippen LogP contribution in [0.2, 0.25) is 0 Å². The van der Waals surface area contributed by atoms with Gasteiger partial charge >= 0.3 is 0 Å². The van der Waals surface area contributed by atoms with Crippen LogP contribution >= 0.6 is 0 Å². The Bertz CT molecular complexity index is 651. The van der Waals surface area contributed by atoms with Gasteiger partial charge in [0.1, 0.15) is 11.8 Å². The highest BCUT2D eigenvalue weighted by Gasteiger charge is 2.55. The standard InChI is InChI=1S/C23H41N5O3/c1-14(2)28-20(24)17(22(29)25-13-15-7-9-16(31-3)10-8-15)12-18-21(28)26-19-6-4-5-11-27(19)23(18)30/h14-21,26H,4-13,24H2,1-3H3,(H,25,29)/p+1. The van der Waals surface area contributed by atoms with Crippen molar-refractivity contribution < 1.29 is 19.2 Å². The average Bonchev–Trinajstić information content (AvgIpc) is 2.77. The van der Waals surface area contributed by atoms with Gasteiger partial charge in [0.15, 0.2) is 12.3 Å². The van der Waals surface area contributed by atoms with Crippen molar-refractivity contribution in [3.8, 4) is 0 Å². The predicted molar refractivity (Wildman–Crippen MR) is 118 cm³/mol. The molecule has 0 radical (unpaired) electrons. The molecule has 8 heteroatoms. The molecule has 0 spiro atoms. The van der Waals surface area contributed by atoms with Gasteiger partial charge in [-0.2, -0.15) is 0 Å². The second-order valence-electron chi connectivity index (χ2n) is 10.4. The zero-order valence-corrected chi connectivity index (χ0v) is 19.4. The summed E-state index contributed by atoms with van der Waals surface area (Å²) in [5.74, 6) is 0.227. The number of rotatable bonds is 5. The summed E-state index contributed by atoms with van der Waals surface area (Å²) >= 11 is 0. The van der Waals surface area contributed by atoms with Gasteiger partial charge in [0.05, 0.1) is 18.3 Å². The smallest absolute Gasteiger partial charge is 0.234 e. The number of methoxy groups -OCH3 is 1. The van der Waals surface area contributed by atoms with Crippen LogP contribution in [0, 0.1) is 17.8 Å². The molecule has 6 atom stereocenters. The lowest BCUT2D eigenvalue weighted by molar-refractivity contribution is -0.983. The number of nitrogens with two attached hydrogens (primary N) is 1. The Morgan fingerprint density at radius 2 is 2.00 bits per heavy atom. The van der Waals surface area contributed by atoms with E-state index in [1.165, 1.54) is 0 Å². The second-order valence-corrected chi connectivity index (χ2v) is 10.4. The first-order chi connectivity index (χ1) is 14.9. The summed E-state index contributed by atoms with van der Waals surface area (Å²) in [6, 6.07) is 0.234. The van der Waals surface area contributed by atoms with Crippen LogP contribution in [0.25, 0.3) is 0 Å². The average molecular weight is 437 g/mol. The highest BCUT2D eigenvalue weighted by Crippen LogP contribution is 2.30. The van der Waals surface area contributed by atoms with E-state index in [1.54, 1.807) is 7.11 Å². The Labute approximate surface area is 186 Å². The Morgan fingerprint density at radius 1 is 1.26 bits per heavy atom. The van der Waals surface area contributed by atoms with Gasteiger partial charge in [-0.15, -0.1) is 0 Å². The van der Waals surface area contributed by atoms with Crippen LogP contribution in [-0.2, 0) is 14.3 Å². The maximum Gasteiger partial charge on any atom is 0.234 e. The monoisotopic (exact) mass is 436 g/mol. The molecule has 0 aromatic carbocycles. The van der Waals surface area contributed by atoms with Crippen molar-refractivity contribution in [2.45, 2.75) is 95.9 Å². The molecule has 176 valence electrons. The highest BCUT2D eigenvalue weighted by molar-refractivity contribution is 5.83. The Balaban J connectivity index is 1.42. The fourth-order valence-electron chi connectivity index (χ4n) is 6.43. The molecule has 0 aromatic rings. The van der Waals surface area contributed by atoms with Gasteiger partial charge in [-0.1, -0.05) is 0 Å². The van der Waals surface area contributed by atoms with Crippen molar-refractivity contribution >= 4 is 11.8 Å². The first-order valence-electron chi connectivity index (χ1n) is 12.4. The molecule has 4 rings (SSSR count). The van der Waals surface area contributed by atoms with E-state index in [-0.39, 0.29) is 48.2 Å². The Kier molecular flexibility index (Phi) is 7.20. The molecule has 1 aliphatic carbocycles. The first kappa shape index (κ1) is 23.0. The van der Waals surface area contributed by atoms with Gasteiger partial charge < -0.3 is 19.9 Å². The van der Waals surface area contributed by atoms with Crippen molar-refractivity contribution in [3.63, 3.8) is 0 Å². The van der Waals surface area contributed by atoms with Crippen molar-refractivity contribution in [3.05, 3.63) is 0 Å². The van der Waals surface area contributed by atoms with E-state index in [4.69, 9.17) is 10.5 Å². The van der Waals surface area contributed by atoms with E-state index in [1.807, 2.05) is 4.90 Å². The van der Waals surface area contributed by atoms with Gasteiger partial charge in [-0.25, -0.2) is 5.32 Å². The van der Waals surface area contributed by atoms with Crippen LogP contribution in [0.5, 0.6) is 0 Å². The molecular formula is C23H42N5O3+. The quantitative estimate of drug-likeness (QED) is 0.478. The predicted octanol–water partition coefficient (Wildman–Crippen LogP) is -0.210. The SMILES string of the molecule is COC1CCC(CNC(=O)C2CC3C(=O)N4CCCCC4NC3[NH+](C(C)C)C2N)CC1. The number of likely N-dealkylation sites (tertiary alicyclic amines) is 1. The summed E-state index contributed by atoms with van der Waals surface area (Å²) in [4.78, 5) is 29.8. The summed E-state index contributed by atoms with van der Waals surface area (Å²) < 4.78 is 5.46. The van der Waals surface area contributed by atoms with Crippen LogP contribution in [-0.4, -0.2) is 67.6 Å². The van der Waals surface area contributed by atoms with E-state index in [0.29, 0.717) is 25.0 Å². The molecular weight excluding hydrogens is 394 g/mol. The lowest BCUT2D eigenvalue weighted by Gasteiger charge is -2.53. The highest BCUT2D eigenvalue weighted by atomic mass is 16.5. The van der Waals surface area contributed by atoms with Crippen LogP contribution in [0.3, 0.4) is 0 Å². The van der Waals surface area contributed by atoms with Gasteiger partial charge in [0.2, 0.25) is 11.8 Å². The molecule has 4 fully saturated rings. The van der Waals surface area contributed by atoms with Crippen molar-refractivity contribution in [1.82, 2.24) is 15.5 Å². The zero-order chi connectivity index (χ0) is 22.1. The second kappa shape index (κ2) is 9.73. The Hall–Kier alpha value is -1.22. The first-order valence-corrected chi connectivity index (χ1v) is 12.4. The topological polar surface area (TPSA) is 101 Å². The molecule has 31 heavy (non-hydrogen) atoms. The zero-order valence-electron chi connectivity index (χ0n) is 19.4. The van der Waals surface area contributed by atoms with Crippen LogP contribution in [0.15, 0.2) is 0 Å². The number of ether oxygens (including phenoxy) is 1. The molecule has 8 nitrogen and oxygen atoms in total. The van der Waals surface area contributed by atoms with E-state index in [0.717, 1.165) is 56.4 Å². The summed E-state index contributed by atoms with van der Waals surface area (Å²) in [5.41, 5.74) is 6.71. The summed E-state index contributed by atoms with van der Waals surface area (Å²) in [6.45, 7) is 5.80. The number of fused-ring (bicyclic) bond motifs is 2.